The minimum absolute atomic E-state index is 0.129. The topological polar surface area (TPSA) is 112 Å². The van der Waals surface area contributed by atoms with E-state index in [4.69, 9.17) is 10.6 Å². The van der Waals surface area contributed by atoms with Crippen molar-refractivity contribution in [1.82, 2.24) is 14.9 Å². The Morgan fingerprint density at radius 3 is 2.78 bits per heavy atom. The number of aromatic nitrogens is 3. The summed E-state index contributed by atoms with van der Waals surface area (Å²) >= 11 is 2.69. The number of nitrogens with one attached hydrogen (secondary N) is 1. The van der Waals surface area contributed by atoms with Crippen molar-refractivity contribution in [2.75, 3.05) is 23.5 Å². The normalized spacial score (nSPS) is 13.3. The highest BCUT2D eigenvalue weighted by Gasteiger charge is 2.27. The number of amides is 1. The second-order valence-electron chi connectivity index (χ2n) is 6.09. The first-order valence-corrected chi connectivity index (χ1v) is 10.8. The van der Waals surface area contributed by atoms with E-state index in [1.54, 1.807) is 6.92 Å². The van der Waals surface area contributed by atoms with Gasteiger partial charge in [0.05, 0.1) is 17.9 Å². The summed E-state index contributed by atoms with van der Waals surface area (Å²) in [5.74, 6) is 6.10. The van der Waals surface area contributed by atoms with E-state index < -0.39 is 0 Å². The summed E-state index contributed by atoms with van der Waals surface area (Å²) in [6.07, 6.45) is 4.60. The highest BCUT2D eigenvalue weighted by molar-refractivity contribution is 7.99. The Morgan fingerprint density at radius 2 is 2.07 bits per heavy atom. The quantitative estimate of drug-likeness (QED) is 0.410. The molecule has 146 valence electrons. The number of carbonyl (C=O) groups excluding carboxylic acids is 2. The zero-order chi connectivity index (χ0) is 19.4. The molecular weight excluding hydrogens is 386 g/mol. The summed E-state index contributed by atoms with van der Waals surface area (Å²) in [6, 6.07) is 0. The van der Waals surface area contributed by atoms with Gasteiger partial charge in [-0.15, -0.1) is 21.5 Å². The van der Waals surface area contributed by atoms with Gasteiger partial charge in [-0.1, -0.05) is 18.7 Å². The third kappa shape index (κ3) is 4.27. The first-order valence-electron chi connectivity index (χ1n) is 8.98. The molecule has 2 aromatic rings. The number of fused-ring (bicyclic) bond motifs is 1. The van der Waals surface area contributed by atoms with Crippen LogP contribution in [-0.2, 0) is 28.8 Å². The summed E-state index contributed by atoms with van der Waals surface area (Å²) in [5.41, 5.74) is 1.55. The van der Waals surface area contributed by atoms with E-state index in [9.17, 15) is 9.59 Å². The minimum Gasteiger partial charge on any atom is -0.462 e. The van der Waals surface area contributed by atoms with Gasteiger partial charge in [0.25, 0.3) is 0 Å². The third-order valence-electron chi connectivity index (χ3n) is 4.29. The van der Waals surface area contributed by atoms with Gasteiger partial charge in [-0.3, -0.25) is 4.79 Å². The predicted molar refractivity (Wildman–Crippen MR) is 106 cm³/mol. The van der Waals surface area contributed by atoms with Gasteiger partial charge < -0.3 is 15.9 Å². The van der Waals surface area contributed by atoms with Crippen LogP contribution in [-0.4, -0.2) is 39.1 Å². The maximum Gasteiger partial charge on any atom is 0.341 e. The summed E-state index contributed by atoms with van der Waals surface area (Å²) in [7, 11) is 0. The number of anilines is 1. The van der Waals surface area contributed by atoms with Gasteiger partial charge in [-0.2, -0.15) is 0 Å². The van der Waals surface area contributed by atoms with Crippen molar-refractivity contribution in [1.29, 1.82) is 0 Å². The molecule has 2 heterocycles. The minimum atomic E-state index is -0.367. The Bertz CT molecular complexity index is 846. The molecule has 0 fully saturated rings. The highest BCUT2D eigenvalue weighted by Crippen LogP contribution is 2.38. The molecule has 0 aromatic carbocycles. The van der Waals surface area contributed by atoms with Crippen molar-refractivity contribution in [3.05, 3.63) is 21.8 Å². The number of aryl methyl sites for hydroxylation is 2. The van der Waals surface area contributed by atoms with E-state index in [1.165, 1.54) is 32.7 Å². The third-order valence-corrected chi connectivity index (χ3v) is 6.44. The summed E-state index contributed by atoms with van der Waals surface area (Å²) in [5, 5.41) is 11.9. The largest absolute Gasteiger partial charge is 0.462 e. The molecule has 1 aliphatic rings. The average Bonchev–Trinajstić information content (AvgIpc) is 3.19. The molecule has 0 saturated heterocycles. The van der Waals surface area contributed by atoms with Crippen LogP contribution in [0.25, 0.3) is 0 Å². The zero-order valence-electron chi connectivity index (χ0n) is 15.4. The SMILES string of the molecule is CCOC(=O)c1c(NC(=O)CSc2nnc(CC)n2N)sc2c1CCCC2. The van der Waals surface area contributed by atoms with Gasteiger partial charge in [-0.25, -0.2) is 9.47 Å². The Balaban J connectivity index is 1.72. The first-order chi connectivity index (χ1) is 13.0. The van der Waals surface area contributed by atoms with Crippen LogP contribution in [0.4, 0.5) is 5.00 Å². The molecule has 3 rings (SSSR count). The summed E-state index contributed by atoms with van der Waals surface area (Å²) < 4.78 is 6.60. The second-order valence-corrected chi connectivity index (χ2v) is 8.14. The van der Waals surface area contributed by atoms with E-state index in [-0.39, 0.29) is 17.6 Å². The van der Waals surface area contributed by atoms with Gasteiger partial charge in [0.15, 0.2) is 5.82 Å². The van der Waals surface area contributed by atoms with Crippen LogP contribution < -0.4 is 11.2 Å². The molecule has 0 unspecified atom stereocenters. The number of hydrogen-bond acceptors (Lipinski definition) is 8. The van der Waals surface area contributed by atoms with Crippen LogP contribution in [0, 0.1) is 0 Å². The van der Waals surface area contributed by atoms with Gasteiger partial charge in [0.1, 0.15) is 5.00 Å². The number of esters is 1. The number of thiophene rings is 1. The lowest BCUT2D eigenvalue weighted by atomic mass is 9.95. The lowest BCUT2D eigenvalue weighted by Crippen LogP contribution is -2.18. The standard InChI is InChI=1S/C17H23N5O3S2/c1-3-12-20-21-17(22(12)18)26-9-13(23)19-15-14(16(24)25-4-2)10-7-5-6-8-11(10)27-15/h3-9,18H2,1-2H3,(H,19,23). The van der Waals surface area contributed by atoms with Crippen LogP contribution in [0.3, 0.4) is 0 Å². The zero-order valence-corrected chi connectivity index (χ0v) is 17.0. The number of nitrogens with two attached hydrogens (primary N) is 1. The van der Waals surface area contributed by atoms with Crippen LogP contribution in [0.2, 0.25) is 0 Å². The summed E-state index contributed by atoms with van der Waals surface area (Å²) in [6.45, 7) is 4.02. The van der Waals surface area contributed by atoms with E-state index in [0.717, 1.165) is 31.2 Å². The monoisotopic (exact) mass is 409 g/mol. The van der Waals surface area contributed by atoms with E-state index >= 15 is 0 Å². The van der Waals surface area contributed by atoms with Crippen LogP contribution >= 0.6 is 23.1 Å². The fourth-order valence-electron chi connectivity index (χ4n) is 3.01. The molecule has 0 spiro atoms. The van der Waals surface area contributed by atoms with Gasteiger partial charge in [-0.05, 0) is 38.2 Å². The van der Waals surface area contributed by atoms with Crippen molar-refractivity contribution in [2.45, 2.75) is 51.1 Å². The fourth-order valence-corrected chi connectivity index (χ4v) is 4.98. The summed E-state index contributed by atoms with van der Waals surface area (Å²) in [4.78, 5) is 26.0. The molecule has 2 aromatic heterocycles. The number of nitrogens with zero attached hydrogens (tertiary/aromatic N) is 3. The van der Waals surface area contributed by atoms with Crippen molar-refractivity contribution < 1.29 is 14.3 Å². The second kappa shape index (κ2) is 8.75. The number of nitrogen functional groups attached to an aromatic ring is 1. The van der Waals surface area contributed by atoms with Gasteiger partial charge in [0.2, 0.25) is 11.1 Å². The van der Waals surface area contributed by atoms with Crippen LogP contribution in [0.5, 0.6) is 0 Å². The molecule has 27 heavy (non-hydrogen) atoms. The average molecular weight is 410 g/mol. The number of ether oxygens (including phenoxy) is 1. The fraction of sp³-hybridized carbons (Fsp3) is 0.529. The Labute approximate surface area is 165 Å². The van der Waals surface area contributed by atoms with Gasteiger partial charge >= 0.3 is 5.97 Å². The van der Waals surface area contributed by atoms with Crippen molar-refractivity contribution in [3.8, 4) is 0 Å². The molecule has 0 saturated carbocycles. The molecule has 0 atom stereocenters. The smallest absolute Gasteiger partial charge is 0.341 e. The lowest BCUT2D eigenvalue weighted by molar-refractivity contribution is -0.113. The Hall–Kier alpha value is -2.07. The molecule has 8 nitrogen and oxygen atoms in total. The Morgan fingerprint density at radius 1 is 1.30 bits per heavy atom. The van der Waals surface area contributed by atoms with Crippen molar-refractivity contribution >= 4 is 40.0 Å². The molecule has 0 aliphatic heterocycles. The molecular formula is C17H23N5O3S2. The first kappa shape index (κ1) is 19.7. The van der Waals surface area contributed by atoms with E-state index in [2.05, 4.69) is 15.5 Å². The molecule has 3 N–H and O–H groups in total. The number of carbonyl (C=O) groups is 2. The maximum atomic E-state index is 12.4. The lowest BCUT2D eigenvalue weighted by Gasteiger charge is -2.12. The number of hydrogen-bond donors (Lipinski definition) is 2. The van der Waals surface area contributed by atoms with Crippen LogP contribution in [0.15, 0.2) is 5.16 Å². The van der Waals surface area contributed by atoms with Crippen LogP contribution in [0.1, 0.15) is 53.3 Å². The molecule has 1 amide bonds. The maximum absolute atomic E-state index is 12.4. The van der Waals surface area contributed by atoms with Crippen molar-refractivity contribution in [3.63, 3.8) is 0 Å². The predicted octanol–water partition coefficient (Wildman–Crippen LogP) is 2.40. The van der Waals surface area contributed by atoms with Gasteiger partial charge in [0, 0.05) is 11.3 Å². The van der Waals surface area contributed by atoms with E-state index in [0.29, 0.717) is 34.6 Å². The molecule has 0 bridgehead atoms. The highest BCUT2D eigenvalue weighted by atomic mass is 32.2. The van der Waals surface area contributed by atoms with Crippen molar-refractivity contribution in [2.24, 2.45) is 0 Å². The molecule has 0 radical (unpaired) electrons. The molecule has 1 aliphatic carbocycles. The molecule has 10 heteroatoms. The van der Waals surface area contributed by atoms with E-state index in [1.807, 2.05) is 6.92 Å². The number of rotatable bonds is 7. The Kier molecular flexibility index (Phi) is 6.38. The number of thioether (sulfide) groups is 1.